The fourth-order valence-corrected chi connectivity index (χ4v) is 4.73. The number of anilines is 1. The van der Waals surface area contributed by atoms with E-state index in [2.05, 4.69) is 4.72 Å². The topological polar surface area (TPSA) is 68.2 Å². The molecule has 0 unspecified atom stereocenters. The molecule has 0 radical (unpaired) electrons. The Morgan fingerprint density at radius 1 is 0.875 bits per heavy atom. The number of aromatic nitrogens is 1. The lowest BCUT2D eigenvalue weighted by Gasteiger charge is -2.20. The van der Waals surface area contributed by atoms with E-state index < -0.39 is 15.4 Å². The zero-order chi connectivity index (χ0) is 23.1. The number of rotatable bonds is 4. The Morgan fingerprint density at radius 2 is 1.53 bits per heavy atom. The van der Waals surface area contributed by atoms with Crippen molar-refractivity contribution >= 4 is 32.5 Å². The van der Waals surface area contributed by atoms with Crippen molar-refractivity contribution in [1.29, 1.82) is 0 Å². The van der Waals surface area contributed by atoms with Crippen LogP contribution in [0.15, 0.2) is 83.9 Å². The van der Waals surface area contributed by atoms with Crippen LogP contribution in [0, 0.1) is 12.3 Å². The standard InChI is InChI=1S/C26H26N2O3S/c1-18-10-12-20(13-11-18)32(30,31)27-23-15-14-21(19-8-6-5-7-9-19)22-16-17-28(24(22)23)25(29)26(2,3)4/h5-17,27H,1-4H3. The number of carbonyl (C=O) groups is 1. The van der Waals surface area contributed by atoms with E-state index in [0.717, 1.165) is 22.1 Å². The molecule has 4 aromatic rings. The molecule has 0 bridgehead atoms. The van der Waals surface area contributed by atoms with Gasteiger partial charge in [0.1, 0.15) is 0 Å². The van der Waals surface area contributed by atoms with E-state index in [-0.39, 0.29) is 10.8 Å². The van der Waals surface area contributed by atoms with E-state index in [1.54, 1.807) is 41.1 Å². The molecule has 1 heterocycles. The van der Waals surface area contributed by atoms with Crippen molar-refractivity contribution in [3.63, 3.8) is 0 Å². The molecule has 1 N–H and O–H groups in total. The van der Waals surface area contributed by atoms with Crippen LogP contribution in [0.4, 0.5) is 5.69 Å². The van der Waals surface area contributed by atoms with E-state index in [9.17, 15) is 13.2 Å². The SMILES string of the molecule is Cc1ccc(S(=O)(=O)Nc2ccc(-c3ccccc3)c3ccn(C(=O)C(C)(C)C)c23)cc1. The molecule has 0 aliphatic carbocycles. The van der Waals surface area contributed by atoms with Gasteiger partial charge in [-0.2, -0.15) is 0 Å². The molecule has 0 spiro atoms. The van der Waals surface area contributed by atoms with Gasteiger partial charge in [-0.3, -0.25) is 14.1 Å². The molecule has 3 aromatic carbocycles. The van der Waals surface area contributed by atoms with Crippen molar-refractivity contribution in [3.8, 4) is 11.1 Å². The molecule has 0 aliphatic rings. The number of aryl methyl sites for hydroxylation is 1. The molecule has 32 heavy (non-hydrogen) atoms. The van der Waals surface area contributed by atoms with Crippen molar-refractivity contribution in [2.45, 2.75) is 32.6 Å². The monoisotopic (exact) mass is 446 g/mol. The zero-order valence-corrected chi connectivity index (χ0v) is 19.4. The average Bonchev–Trinajstić information content (AvgIpc) is 3.19. The van der Waals surface area contributed by atoms with Crippen molar-refractivity contribution in [3.05, 3.63) is 84.6 Å². The van der Waals surface area contributed by atoms with Crippen LogP contribution in [-0.2, 0) is 10.0 Å². The van der Waals surface area contributed by atoms with Crippen LogP contribution in [-0.4, -0.2) is 18.9 Å². The summed E-state index contributed by atoms with van der Waals surface area (Å²) >= 11 is 0. The van der Waals surface area contributed by atoms with Crippen LogP contribution in [0.2, 0.25) is 0 Å². The molecule has 0 saturated carbocycles. The smallest absolute Gasteiger partial charge is 0.261 e. The highest BCUT2D eigenvalue weighted by Gasteiger charge is 2.27. The van der Waals surface area contributed by atoms with E-state index in [0.29, 0.717) is 11.2 Å². The fourth-order valence-electron chi connectivity index (χ4n) is 3.66. The van der Waals surface area contributed by atoms with E-state index in [4.69, 9.17) is 0 Å². The first-order chi connectivity index (χ1) is 15.1. The van der Waals surface area contributed by atoms with Gasteiger partial charge in [-0.15, -0.1) is 0 Å². The van der Waals surface area contributed by atoms with Crippen LogP contribution in [0.5, 0.6) is 0 Å². The second-order valence-electron chi connectivity index (χ2n) is 8.95. The summed E-state index contributed by atoms with van der Waals surface area (Å²) in [6, 6.07) is 22.0. The number of nitrogens with one attached hydrogen (secondary N) is 1. The number of benzene rings is 3. The van der Waals surface area contributed by atoms with Crippen LogP contribution in [0.1, 0.15) is 31.1 Å². The summed E-state index contributed by atoms with van der Waals surface area (Å²) in [5.41, 5.74) is 3.17. The number of nitrogens with zero attached hydrogens (tertiary/aromatic N) is 1. The van der Waals surface area contributed by atoms with Gasteiger partial charge in [-0.25, -0.2) is 8.42 Å². The molecule has 0 aliphatic heterocycles. The lowest BCUT2D eigenvalue weighted by Crippen LogP contribution is -2.26. The minimum absolute atomic E-state index is 0.117. The average molecular weight is 447 g/mol. The van der Waals surface area contributed by atoms with Gasteiger partial charge in [-0.1, -0.05) is 74.9 Å². The number of hydrogen-bond acceptors (Lipinski definition) is 3. The molecule has 0 amide bonds. The zero-order valence-electron chi connectivity index (χ0n) is 18.6. The van der Waals surface area contributed by atoms with Gasteiger partial charge in [0.15, 0.2) is 0 Å². The van der Waals surface area contributed by atoms with Gasteiger partial charge in [0, 0.05) is 17.0 Å². The molecule has 4 rings (SSSR count). The van der Waals surface area contributed by atoms with Gasteiger partial charge in [0.05, 0.1) is 16.1 Å². The van der Waals surface area contributed by atoms with Gasteiger partial charge in [0.25, 0.3) is 10.0 Å². The first kappa shape index (κ1) is 21.8. The van der Waals surface area contributed by atoms with Gasteiger partial charge in [0.2, 0.25) is 5.91 Å². The number of sulfonamides is 1. The third kappa shape index (κ3) is 4.06. The molecule has 6 heteroatoms. The summed E-state index contributed by atoms with van der Waals surface area (Å²) in [5.74, 6) is -0.117. The minimum Gasteiger partial charge on any atom is -0.285 e. The number of carbonyl (C=O) groups excluding carboxylic acids is 1. The molecule has 164 valence electrons. The largest absolute Gasteiger partial charge is 0.285 e. The normalized spacial score (nSPS) is 12.1. The maximum atomic E-state index is 13.2. The summed E-state index contributed by atoms with van der Waals surface area (Å²) in [6.45, 7) is 7.44. The summed E-state index contributed by atoms with van der Waals surface area (Å²) in [4.78, 5) is 13.4. The van der Waals surface area contributed by atoms with Gasteiger partial charge in [-0.05, 0) is 42.3 Å². The van der Waals surface area contributed by atoms with Crippen LogP contribution in [0.25, 0.3) is 22.0 Å². The lowest BCUT2D eigenvalue weighted by atomic mass is 9.95. The second kappa shape index (κ2) is 7.95. The summed E-state index contributed by atoms with van der Waals surface area (Å²) in [6.07, 6.45) is 1.72. The Kier molecular flexibility index (Phi) is 5.42. The third-order valence-electron chi connectivity index (χ3n) is 5.37. The van der Waals surface area contributed by atoms with E-state index in [1.165, 1.54) is 0 Å². The Balaban J connectivity index is 1.92. The van der Waals surface area contributed by atoms with Crippen molar-refractivity contribution in [1.82, 2.24) is 4.57 Å². The highest BCUT2D eigenvalue weighted by Crippen LogP contribution is 2.36. The van der Waals surface area contributed by atoms with Crippen molar-refractivity contribution in [2.75, 3.05) is 4.72 Å². The molecular formula is C26H26N2O3S. The van der Waals surface area contributed by atoms with Crippen LogP contribution < -0.4 is 4.72 Å². The first-order valence-corrected chi connectivity index (χ1v) is 11.9. The Labute approximate surface area is 188 Å². The number of fused-ring (bicyclic) bond motifs is 1. The summed E-state index contributed by atoms with van der Waals surface area (Å²) < 4.78 is 30.5. The van der Waals surface area contributed by atoms with Crippen molar-refractivity contribution < 1.29 is 13.2 Å². The summed E-state index contributed by atoms with van der Waals surface area (Å²) in [5, 5.41) is 0.804. The fraction of sp³-hybridized carbons (Fsp3) is 0.192. The number of hydrogen-bond donors (Lipinski definition) is 1. The molecule has 0 saturated heterocycles. The minimum atomic E-state index is -3.83. The third-order valence-corrected chi connectivity index (χ3v) is 6.75. The summed E-state index contributed by atoms with van der Waals surface area (Å²) in [7, 11) is -3.83. The molecule has 0 fully saturated rings. The molecule has 1 aromatic heterocycles. The van der Waals surface area contributed by atoms with E-state index in [1.807, 2.05) is 70.2 Å². The maximum Gasteiger partial charge on any atom is 0.261 e. The van der Waals surface area contributed by atoms with Crippen molar-refractivity contribution in [2.24, 2.45) is 5.41 Å². The van der Waals surface area contributed by atoms with Gasteiger partial charge < -0.3 is 0 Å². The quantitative estimate of drug-likeness (QED) is 0.412. The predicted octanol–water partition coefficient (Wildman–Crippen LogP) is 6.10. The van der Waals surface area contributed by atoms with E-state index >= 15 is 0 Å². The second-order valence-corrected chi connectivity index (χ2v) is 10.6. The Bertz CT molecular complexity index is 1400. The maximum absolute atomic E-state index is 13.2. The van der Waals surface area contributed by atoms with Gasteiger partial charge >= 0.3 is 0 Å². The molecule has 5 nitrogen and oxygen atoms in total. The molecule has 0 atom stereocenters. The Morgan fingerprint density at radius 3 is 2.16 bits per heavy atom. The predicted molar refractivity (Wildman–Crippen MR) is 129 cm³/mol. The highest BCUT2D eigenvalue weighted by atomic mass is 32.2. The Hall–Kier alpha value is -3.38. The van der Waals surface area contributed by atoms with Crippen LogP contribution in [0.3, 0.4) is 0 Å². The first-order valence-electron chi connectivity index (χ1n) is 10.4. The highest BCUT2D eigenvalue weighted by molar-refractivity contribution is 7.92. The lowest BCUT2D eigenvalue weighted by molar-refractivity contribution is 0.0773. The molecular weight excluding hydrogens is 420 g/mol. The van der Waals surface area contributed by atoms with Crippen LogP contribution >= 0.6 is 0 Å².